The minimum absolute atomic E-state index is 0.00787. The Balaban J connectivity index is 1.56. The molecule has 0 aliphatic heterocycles. The third-order valence-electron chi connectivity index (χ3n) is 3.77. The van der Waals surface area contributed by atoms with Crippen LogP contribution in [0.15, 0.2) is 35.5 Å². The summed E-state index contributed by atoms with van der Waals surface area (Å²) in [7, 11) is 0. The van der Waals surface area contributed by atoms with Gasteiger partial charge in [-0.15, -0.1) is 10.2 Å². The van der Waals surface area contributed by atoms with Gasteiger partial charge in [-0.25, -0.2) is 4.98 Å². The van der Waals surface area contributed by atoms with Gasteiger partial charge >= 0.3 is 0 Å². The van der Waals surface area contributed by atoms with Gasteiger partial charge in [0.15, 0.2) is 10.9 Å². The molecule has 0 radical (unpaired) electrons. The minimum atomic E-state index is -0.668. The number of nitrogens with zero attached hydrogens (tertiary/aromatic N) is 4. The van der Waals surface area contributed by atoms with Gasteiger partial charge in [-0.3, -0.25) is 9.20 Å². The maximum Gasteiger partial charge on any atom is 0.256 e. The average Bonchev–Trinajstić information content (AvgIpc) is 3.01. The van der Waals surface area contributed by atoms with Crippen LogP contribution in [0.1, 0.15) is 28.7 Å². The Morgan fingerprint density at radius 2 is 2.00 bits per heavy atom. The second kappa shape index (κ2) is 7.84. The maximum atomic E-state index is 11.3. The molecular weight excluding hydrogens is 352 g/mol. The lowest BCUT2D eigenvalue weighted by Gasteiger charge is -2.12. The van der Waals surface area contributed by atoms with E-state index in [1.165, 1.54) is 18.7 Å². The van der Waals surface area contributed by atoms with Crippen LogP contribution in [0, 0.1) is 13.8 Å². The molecule has 1 N–H and O–H groups in total. The molecule has 2 aromatic heterocycles. The van der Waals surface area contributed by atoms with Crippen LogP contribution in [0.25, 0.3) is 5.78 Å². The lowest BCUT2D eigenvalue weighted by molar-refractivity contribution is 0.101. The summed E-state index contributed by atoms with van der Waals surface area (Å²) in [6.07, 6.45) is -0.668. The molecule has 1 aromatic carbocycles. The molecule has 0 fully saturated rings. The number of benzene rings is 1. The van der Waals surface area contributed by atoms with Gasteiger partial charge in [0.1, 0.15) is 12.4 Å². The molecule has 0 unspecified atom stereocenters. The topological polar surface area (TPSA) is 89.6 Å². The molecule has 0 saturated heterocycles. The van der Waals surface area contributed by atoms with Crippen molar-refractivity contribution in [2.45, 2.75) is 32.0 Å². The van der Waals surface area contributed by atoms with Crippen molar-refractivity contribution in [1.29, 1.82) is 0 Å². The van der Waals surface area contributed by atoms with Gasteiger partial charge in [0.25, 0.3) is 5.78 Å². The molecule has 0 aliphatic carbocycles. The van der Waals surface area contributed by atoms with E-state index in [4.69, 9.17) is 4.74 Å². The number of fused-ring (bicyclic) bond motifs is 1. The van der Waals surface area contributed by atoms with Crippen LogP contribution in [0.5, 0.6) is 5.75 Å². The Bertz CT molecular complexity index is 924. The van der Waals surface area contributed by atoms with Gasteiger partial charge in [-0.05, 0) is 51.1 Å². The first kappa shape index (κ1) is 18.3. The number of ketones is 1. The van der Waals surface area contributed by atoms with Crippen molar-refractivity contribution in [1.82, 2.24) is 19.6 Å². The van der Waals surface area contributed by atoms with Gasteiger partial charge < -0.3 is 9.84 Å². The number of ether oxygens (including phenoxy) is 1. The average molecular weight is 372 g/mol. The summed E-state index contributed by atoms with van der Waals surface area (Å²) < 4.78 is 7.44. The predicted molar refractivity (Wildman–Crippen MR) is 98.9 cm³/mol. The molecule has 0 bridgehead atoms. The van der Waals surface area contributed by atoms with Gasteiger partial charge in [0.05, 0.1) is 6.10 Å². The largest absolute Gasteiger partial charge is 0.491 e. The summed E-state index contributed by atoms with van der Waals surface area (Å²) in [6, 6.07) is 8.82. The molecular formula is C18H20N4O3S. The van der Waals surface area contributed by atoms with E-state index in [2.05, 4.69) is 15.2 Å². The van der Waals surface area contributed by atoms with E-state index in [0.29, 0.717) is 28.0 Å². The van der Waals surface area contributed by atoms with Crippen molar-refractivity contribution in [3.05, 3.63) is 47.3 Å². The number of aliphatic hydroxyl groups is 1. The van der Waals surface area contributed by atoms with Crippen LogP contribution >= 0.6 is 11.8 Å². The fourth-order valence-electron chi connectivity index (χ4n) is 2.49. The molecule has 136 valence electrons. The van der Waals surface area contributed by atoms with Gasteiger partial charge in [-0.2, -0.15) is 0 Å². The molecule has 26 heavy (non-hydrogen) atoms. The highest BCUT2D eigenvalue weighted by Gasteiger charge is 2.13. The molecule has 0 spiro atoms. The number of aryl methyl sites for hydroxylation is 2. The minimum Gasteiger partial charge on any atom is -0.491 e. The zero-order valence-corrected chi connectivity index (χ0v) is 15.7. The molecule has 3 rings (SSSR count). The van der Waals surface area contributed by atoms with Crippen LogP contribution in [0.2, 0.25) is 0 Å². The fourth-order valence-corrected chi connectivity index (χ4v) is 3.38. The van der Waals surface area contributed by atoms with Gasteiger partial charge in [-0.1, -0.05) is 11.8 Å². The van der Waals surface area contributed by atoms with E-state index in [1.54, 1.807) is 24.3 Å². The molecule has 2 heterocycles. The highest BCUT2D eigenvalue weighted by Crippen LogP contribution is 2.20. The molecule has 0 saturated carbocycles. The second-order valence-electron chi connectivity index (χ2n) is 6.01. The standard InChI is InChI=1S/C18H20N4O3S/c1-11-8-12(2)22-17(19-11)20-21-18(22)26-10-15(24)9-25-16-6-4-14(5-7-16)13(3)23/h4-8,15,24H,9-10H2,1-3H3/t15-/m1/s1. The van der Waals surface area contributed by atoms with Gasteiger partial charge in [0.2, 0.25) is 0 Å². The van der Waals surface area contributed by atoms with Crippen LogP contribution in [-0.4, -0.2) is 48.9 Å². The summed E-state index contributed by atoms with van der Waals surface area (Å²) in [4.78, 5) is 15.6. The first-order valence-electron chi connectivity index (χ1n) is 8.18. The first-order valence-corrected chi connectivity index (χ1v) is 9.16. The monoisotopic (exact) mass is 372 g/mol. The number of rotatable bonds is 7. The number of carbonyl (C=O) groups is 1. The summed E-state index contributed by atoms with van der Waals surface area (Å²) in [5.74, 6) is 1.59. The van der Waals surface area contributed by atoms with Crippen molar-refractivity contribution >= 4 is 23.3 Å². The predicted octanol–water partition coefficient (Wildman–Crippen LogP) is 2.48. The van der Waals surface area contributed by atoms with Crippen molar-refractivity contribution in [2.24, 2.45) is 0 Å². The molecule has 0 amide bonds. The van der Waals surface area contributed by atoms with Gasteiger partial charge in [0, 0.05) is 22.7 Å². The maximum absolute atomic E-state index is 11.3. The van der Waals surface area contributed by atoms with Crippen LogP contribution in [0.3, 0.4) is 0 Å². The van der Waals surface area contributed by atoms with E-state index in [-0.39, 0.29) is 12.4 Å². The molecule has 1 atom stereocenters. The zero-order chi connectivity index (χ0) is 18.7. The third kappa shape index (κ3) is 4.20. The first-order chi connectivity index (χ1) is 12.4. The highest BCUT2D eigenvalue weighted by molar-refractivity contribution is 7.99. The molecule has 3 aromatic rings. The Labute approximate surface area is 155 Å². The van der Waals surface area contributed by atoms with E-state index < -0.39 is 6.10 Å². The Kier molecular flexibility index (Phi) is 5.53. The van der Waals surface area contributed by atoms with E-state index in [0.717, 1.165) is 11.4 Å². The summed E-state index contributed by atoms with van der Waals surface area (Å²) in [5.41, 5.74) is 2.52. The van der Waals surface area contributed by atoms with E-state index in [9.17, 15) is 9.90 Å². The quantitative estimate of drug-likeness (QED) is 0.503. The van der Waals surface area contributed by atoms with E-state index >= 15 is 0 Å². The Hall–Kier alpha value is -2.45. The van der Waals surface area contributed by atoms with Crippen LogP contribution in [0.4, 0.5) is 0 Å². The fraction of sp³-hybridized carbons (Fsp3) is 0.333. The molecule has 7 nitrogen and oxygen atoms in total. The van der Waals surface area contributed by atoms with Crippen molar-refractivity contribution < 1.29 is 14.6 Å². The second-order valence-corrected chi connectivity index (χ2v) is 7.00. The smallest absolute Gasteiger partial charge is 0.256 e. The number of hydrogen-bond donors (Lipinski definition) is 1. The Morgan fingerprint density at radius 3 is 2.69 bits per heavy atom. The van der Waals surface area contributed by atoms with Crippen molar-refractivity contribution in [3.8, 4) is 5.75 Å². The SMILES string of the molecule is CC(=O)c1ccc(OC[C@@H](O)CSc2nnc3nc(C)cc(C)n23)cc1. The lowest BCUT2D eigenvalue weighted by Crippen LogP contribution is -2.20. The zero-order valence-electron chi connectivity index (χ0n) is 14.8. The lowest BCUT2D eigenvalue weighted by atomic mass is 10.1. The third-order valence-corrected chi connectivity index (χ3v) is 4.85. The van der Waals surface area contributed by atoms with E-state index in [1.807, 2.05) is 24.3 Å². The van der Waals surface area contributed by atoms with Crippen molar-refractivity contribution in [2.75, 3.05) is 12.4 Å². The number of hydrogen-bond acceptors (Lipinski definition) is 7. The number of Topliss-reactive ketones (excluding diaryl/α,β-unsaturated/α-hetero) is 1. The number of thioether (sulfide) groups is 1. The Morgan fingerprint density at radius 1 is 1.27 bits per heavy atom. The highest BCUT2D eigenvalue weighted by atomic mass is 32.2. The number of aliphatic hydroxyl groups excluding tert-OH is 1. The summed E-state index contributed by atoms with van der Waals surface area (Å²) >= 11 is 1.40. The normalized spacial score (nSPS) is 12.3. The number of carbonyl (C=O) groups excluding carboxylic acids is 1. The number of aromatic nitrogens is 4. The molecule has 8 heteroatoms. The van der Waals surface area contributed by atoms with Crippen LogP contribution < -0.4 is 4.74 Å². The summed E-state index contributed by atoms with van der Waals surface area (Å²) in [6.45, 7) is 5.56. The summed E-state index contributed by atoms with van der Waals surface area (Å²) in [5, 5.41) is 19.1. The van der Waals surface area contributed by atoms with Crippen molar-refractivity contribution in [3.63, 3.8) is 0 Å². The molecule has 0 aliphatic rings. The van der Waals surface area contributed by atoms with Crippen LogP contribution in [-0.2, 0) is 0 Å².